The number of nitrogens with zero attached hydrogens (tertiary/aromatic N) is 3. The lowest BCUT2D eigenvalue weighted by Crippen LogP contribution is -2.40. The van der Waals surface area contributed by atoms with Gasteiger partial charge in [-0.05, 0) is 55.0 Å². The molecule has 47 heavy (non-hydrogen) atoms. The van der Waals surface area contributed by atoms with Gasteiger partial charge in [0.05, 0.1) is 28.5 Å². The van der Waals surface area contributed by atoms with Crippen LogP contribution in [0.3, 0.4) is 0 Å². The van der Waals surface area contributed by atoms with E-state index in [1.165, 1.54) is 24.9 Å². The van der Waals surface area contributed by atoms with Crippen LogP contribution in [-0.2, 0) is 25.3 Å². The summed E-state index contributed by atoms with van der Waals surface area (Å²) in [7, 11) is 4.38. The van der Waals surface area contributed by atoms with Gasteiger partial charge in [-0.3, -0.25) is 19.0 Å². The number of methoxy groups -OCH3 is 1. The van der Waals surface area contributed by atoms with Gasteiger partial charge in [0, 0.05) is 62.0 Å². The lowest BCUT2D eigenvalue weighted by molar-refractivity contribution is -0.119. The molecule has 1 saturated heterocycles. The first-order valence-corrected chi connectivity index (χ1v) is 16.0. The number of aryl methyl sites for hydroxylation is 2. The number of ether oxygens (including phenoxy) is 1. The van der Waals surface area contributed by atoms with E-state index in [1.807, 2.05) is 24.3 Å². The molecular weight excluding hydrogens is 643 g/mol. The number of pyridine rings is 1. The van der Waals surface area contributed by atoms with E-state index in [0.29, 0.717) is 51.9 Å². The molecule has 3 heterocycles. The Morgan fingerprint density at radius 1 is 1.06 bits per heavy atom. The number of rotatable bonds is 8. The van der Waals surface area contributed by atoms with E-state index >= 15 is 0 Å². The summed E-state index contributed by atoms with van der Waals surface area (Å²) in [6, 6.07) is 11.4. The predicted molar refractivity (Wildman–Crippen MR) is 182 cm³/mol. The molecule has 6 rings (SSSR count). The standard InChI is InChI=1S/C34H34Cl2N6O5/c1-17-20(10-11-24(35)30(17)40-31(44)23-16-41(2)34(46)42(3)33(23)45)21-6-5-7-22(29(21)36)26-14-18-8-12-25(28(18)32(39-26)47-4)37-15-19-9-13-27(43)38-19/h5-7,10-11,14,16,19,25,37H,8-9,12-13,15H2,1-4H3,(H,38,43)(H,40,44)/t19-,25-/m0/s1. The van der Waals surface area contributed by atoms with Gasteiger partial charge in [-0.2, -0.15) is 0 Å². The van der Waals surface area contributed by atoms with Crippen LogP contribution in [0.1, 0.15) is 52.4 Å². The molecule has 0 unspecified atom stereocenters. The Balaban J connectivity index is 1.31. The first-order valence-electron chi connectivity index (χ1n) is 15.2. The summed E-state index contributed by atoms with van der Waals surface area (Å²) in [5, 5.41) is 10.1. The second-order valence-electron chi connectivity index (χ2n) is 11.9. The van der Waals surface area contributed by atoms with Crippen molar-refractivity contribution in [1.82, 2.24) is 24.8 Å². The van der Waals surface area contributed by atoms with Crippen molar-refractivity contribution in [2.75, 3.05) is 19.0 Å². The zero-order chi connectivity index (χ0) is 33.6. The summed E-state index contributed by atoms with van der Waals surface area (Å²) in [6.07, 6.45) is 4.31. The maximum absolute atomic E-state index is 13.2. The van der Waals surface area contributed by atoms with Crippen molar-refractivity contribution in [3.8, 4) is 28.3 Å². The minimum Gasteiger partial charge on any atom is -0.481 e. The van der Waals surface area contributed by atoms with Crippen molar-refractivity contribution >= 4 is 40.7 Å². The van der Waals surface area contributed by atoms with Crippen molar-refractivity contribution in [2.45, 2.75) is 44.7 Å². The summed E-state index contributed by atoms with van der Waals surface area (Å²) in [4.78, 5) is 54.5. The van der Waals surface area contributed by atoms with Crippen LogP contribution in [0.25, 0.3) is 22.4 Å². The molecule has 4 aromatic rings. The third-order valence-electron chi connectivity index (χ3n) is 8.96. The second kappa shape index (κ2) is 13.0. The smallest absolute Gasteiger partial charge is 0.330 e. The monoisotopic (exact) mass is 676 g/mol. The van der Waals surface area contributed by atoms with Crippen molar-refractivity contribution in [1.29, 1.82) is 0 Å². The van der Waals surface area contributed by atoms with Crippen LogP contribution in [0.15, 0.2) is 52.2 Å². The highest BCUT2D eigenvalue weighted by atomic mass is 35.5. The molecule has 2 aliphatic rings. The Morgan fingerprint density at radius 3 is 2.55 bits per heavy atom. The fourth-order valence-corrected chi connectivity index (χ4v) is 7.00. The van der Waals surface area contributed by atoms with Gasteiger partial charge in [-0.15, -0.1) is 0 Å². The number of hydrogen-bond donors (Lipinski definition) is 3. The molecule has 0 bridgehead atoms. The Labute approximate surface area is 280 Å². The van der Waals surface area contributed by atoms with E-state index in [0.717, 1.165) is 40.5 Å². The van der Waals surface area contributed by atoms with Crippen molar-refractivity contribution < 1.29 is 14.3 Å². The van der Waals surface area contributed by atoms with Crippen molar-refractivity contribution in [3.63, 3.8) is 0 Å². The Bertz CT molecular complexity index is 2060. The van der Waals surface area contributed by atoms with Crippen LogP contribution in [-0.4, -0.2) is 45.6 Å². The molecule has 13 heteroatoms. The van der Waals surface area contributed by atoms with E-state index < -0.39 is 17.2 Å². The number of hydrogen-bond acceptors (Lipinski definition) is 7. The number of nitrogens with one attached hydrogen (secondary N) is 3. The first-order chi connectivity index (χ1) is 22.5. The average molecular weight is 678 g/mol. The van der Waals surface area contributed by atoms with Crippen LogP contribution in [0, 0.1) is 6.92 Å². The van der Waals surface area contributed by atoms with Gasteiger partial charge in [-0.25, -0.2) is 9.78 Å². The number of benzene rings is 2. The molecular formula is C34H34Cl2N6O5. The number of anilines is 1. The zero-order valence-corrected chi connectivity index (χ0v) is 27.9. The Morgan fingerprint density at radius 2 is 1.83 bits per heavy atom. The highest BCUT2D eigenvalue weighted by Crippen LogP contribution is 2.43. The van der Waals surface area contributed by atoms with Gasteiger partial charge in [0.15, 0.2) is 0 Å². The Hall–Kier alpha value is -4.45. The second-order valence-corrected chi connectivity index (χ2v) is 12.7. The molecule has 1 fully saturated rings. The molecule has 2 atom stereocenters. The number of amides is 2. The number of carbonyl (C=O) groups is 2. The summed E-state index contributed by atoms with van der Waals surface area (Å²) < 4.78 is 7.83. The zero-order valence-electron chi connectivity index (χ0n) is 26.4. The van der Waals surface area contributed by atoms with Crippen molar-refractivity contribution in [2.24, 2.45) is 14.1 Å². The molecule has 2 amide bonds. The number of halogens is 2. The maximum atomic E-state index is 13.2. The largest absolute Gasteiger partial charge is 0.481 e. The lowest BCUT2D eigenvalue weighted by atomic mass is 9.96. The summed E-state index contributed by atoms with van der Waals surface area (Å²) in [5.74, 6) is -0.0742. The fourth-order valence-electron chi connectivity index (χ4n) is 6.43. The molecule has 0 spiro atoms. The maximum Gasteiger partial charge on any atom is 0.330 e. The summed E-state index contributed by atoms with van der Waals surface area (Å²) in [6.45, 7) is 2.48. The Kier molecular flexibility index (Phi) is 8.97. The van der Waals surface area contributed by atoms with Crippen LogP contribution in [0.2, 0.25) is 10.0 Å². The summed E-state index contributed by atoms with van der Waals surface area (Å²) in [5.41, 5.74) is 4.45. The van der Waals surface area contributed by atoms with E-state index in [4.69, 9.17) is 32.9 Å². The first kappa shape index (κ1) is 32.5. The van der Waals surface area contributed by atoms with E-state index in [-0.39, 0.29) is 28.6 Å². The number of aromatic nitrogens is 3. The van der Waals surface area contributed by atoms with E-state index in [2.05, 4.69) is 22.0 Å². The van der Waals surface area contributed by atoms with Gasteiger partial charge in [0.1, 0.15) is 5.56 Å². The van der Waals surface area contributed by atoms with Crippen LogP contribution in [0.5, 0.6) is 5.88 Å². The van der Waals surface area contributed by atoms with E-state index in [9.17, 15) is 19.2 Å². The fraction of sp³-hybridized carbons (Fsp3) is 0.324. The highest BCUT2D eigenvalue weighted by molar-refractivity contribution is 6.36. The average Bonchev–Trinajstić information content (AvgIpc) is 3.68. The number of fused-ring (bicyclic) bond motifs is 1. The predicted octanol–water partition coefficient (Wildman–Crippen LogP) is 4.54. The van der Waals surface area contributed by atoms with Crippen LogP contribution >= 0.6 is 23.2 Å². The molecule has 1 aliphatic heterocycles. The SMILES string of the molecule is COc1nc(-c2cccc(-c3ccc(Cl)c(NC(=O)c4cn(C)c(=O)n(C)c4=O)c3C)c2Cl)cc2c1[C@@H](NC[C@@H]1CCC(=O)N1)CC2. The normalized spacial score (nSPS) is 17.0. The number of carbonyl (C=O) groups excluding carboxylic acids is 2. The molecule has 1 aliphatic carbocycles. The molecule has 0 saturated carbocycles. The molecule has 3 N–H and O–H groups in total. The molecule has 11 nitrogen and oxygen atoms in total. The molecule has 2 aromatic carbocycles. The summed E-state index contributed by atoms with van der Waals surface area (Å²) >= 11 is 13.6. The third kappa shape index (κ3) is 6.06. The third-order valence-corrected chi connectivity index (χ3v) is 9.68. The van der Waals surface area contributed by atoms with Crippen LogP contribution in [0.4, 0.5) is 5.69 Å². The van der Waals surface area contributed by atoms with Gasteiger partial charge < -0.3 is 25.3 Å². The van der Waals surface area contributed by atoms with Crippen molar-refractivity contribution in [3.05, 3.63) is 95.7 Å². The van der Waals surface area contributed by atoms with Crippen LogP contribution < -0.4 is 31.9 Å². The quantitative estimate of drug-likeness (QED) is 0.249. The van der Waals surface area contributed by atoms with Gasteiger partial charge >= 0.3 is 5.69 Å². The van der Waals surface area contributed by atoms with Gasteiger partial charge in [0.25, 0.3) is 11.5 Å². The minimum absolute atomic E-state index is 0.0621. The lowest BCUT2D eigenvalue weighted by Gasteiger charge is -2.20. The van der Waals surface area contributed by atoms with Gasteiger partial charge in [0.2, 0.25) is 11.8 Å². The molecule has 2 aromatic heterocycles. The highest BCUT2D eigenvalue weighted by Gasteiger charge is 2.30. The van der Waals surface area contributed by atoms with E-state index in [1.54, 1.807) is 20.1 Å². The molecule has 0 radical (unpaired) electrons. The topological polar surface area (TPSA) is 136 Å². The minimum atomic E-state index is -0.715. The van der Waals surface area contributed by atoms with Gasteiger partial charge in [-0.1, -0.05) is 47.5 Å². The molecule has 244 valence electrons.